The fourth-order valence-corrected chi connectivity index (χ4v) is 11.8. The van der Waals surface area contributed by atoms with E-state index in [1.165, 1.54) is 17.8 Å². The number of amides is 3. The van der Waals surface area contributed by atoms with Crippen molar-refractivity contribution in [1.82, 2.24) is 16.0 Å². The van der Waals surface area contributed by atoms with Gasteiger partial charge in [-0.2, -0.15) is 0 Å². The van der Waals surface area contributed by atoms with Crippen LogP contribution in [0.4, 0.5) is 0 Å². The van der Waals surface area contributed by atoms with Crippen LogP contribution in [0.2, 0.25) is 0 Å². The lowest BCUT2D eigenvalue weighted by Crippen LogP contribution is -2.55. The summed E-state index contributed by atoms with van der Waals surface area (Å²) in [7, 11) is 0. The lowest BCUT2D eigenvalue weighted by atomic mass is 9.84. The fraction of sp³-hybridized carbons (Fsp3) is 0.274. The quantitative estimate of drug-likeness (QED) is 0.0116. The normalized spacial score (nSPS) is 13.6. The predicted octanol–water partition coefficient (Wildman–Crippen LogP) is 10.4. The number of ether oxygens (including phenoxy) is 1. The summed E-state index contributed by atoms with van der Waals surface area (Å²) >= 11 is 3.21. The van der Waals surface area contributed by atoms with Crippen LogP contribution in [0.1, 0.15) is 80.8 Å². The first kappa shape index (κ1) is 57.1. The molecule has 390 valence electrons. The number of carboxylic acids is 1. The summed E-state index contributed by atoms with van der Waals surface area (Å²) in [5.74, 6) is -4.08. The minimum absolute atomic E-state index is 0.0474. The zero-order chi connectivity index (χ0) is 53.8. The van der Waals surface area contributed by atoms with Crippen LogP contribution in [0.25, 0.3) is 0 Å². The molecular weight excluding hydrogens is 977 g/mol. The Labute approximate surface area is 450 Å². The van der Waals surface area contributed by atoms with Crippen molar-refractivity contribution in [3.05, 3.63) is 239 Å². The Morgan fingerprint density at radius 1 is 0.587 bits per heavy atom. The molecule has 0 aromatic heterocycles. The van der Waals surface area contributed by atoms with Crippen molar-refractivity contribution in [3.63, 3.8) is 0 Å². The van der Waals surface area contributed by atoms with Crippen LogP contribution in [0.5, 0.6) is 0 Å². The van der Waals surface area contributed by atoms with Gasteiger partial charge in [-0.1, -0.05) is 222 Å². The second kappa shape index (κ2) is 27.9. The van der Waals surface area contributed by atoms with Crippen molar-refractivity contribution in [2.24, 2.45) is 17.6 Å². The summed E-state index contributed by atoms with van der Waals surface area (Å²) < 4.78 is 4.44. The number of carboxylic acid groups (broad SMARTS) is 1. The summed E-state index contributed by atoms with van der Waals surface area (Å²) in [6.07, 6.45) is 3.68. The molecule has 4 atom stereocenters. The monoisotopic (exact) mass is 1040 g/mol. The zero-order valence-electron chi connectivity index (χ0n) is 43.1. The summed E-state index contributed by atoms with van der Waals surface area (Å²) in [6.45, 7) is 8.63. The molecule has 0 fully saturated rings. The van der Waals surface area contributed by atoms with Crippen LogP contribution in [-0.4, -0.2) is 70.5 Å². The second-order valence-electron chi connectivity index (χ2n) is 18.7. The van der Waals surface area contributed by atoms with Gasteiger partial charge in [0.2, 0.25) is 11.8 Å². The van der Waals surface area contributed by atoms with Gasteiger partial charge < -0.3 is 31.5 Å². The molecule has 11 nitrogen and oxygen atoms in total. The Bertz CT molecular complexity index is 2640. The fourth-order valence-electron chi connectivity index (χ4n) is 8.77. The molecular formula is C62H68N4O7S2. The number of thioether (sulfide) groups is 2. The third kappa shape index (κ3) is 14.8. The third-order valence-corrected chi connectivity index (χ3v) is 16.0. The van der Waals surface area contributed by atoms with Gasteiger partial charge in [-0.05, 0) is 70.4 Å². The first-order valence-corrected chi connectivity index (χ1v) is 27.2. The van der Waals surface area contributed by atoms with Gasteiger partial charge in [0.25, 0.3) is 5.91 Å². The first-order chi connectivity index (χ1) is 36.2. The van der Waals surface area contributed by atoms with Crippen molar-refractivity contribution in [2.75, 3.05) is 11.5 Å². The van der Waals surface area contributed by atoms with Gasteiger partial charge in [0.1, 0.15) is 23.9 Å². The van der Waals surface area contributed by atoms with E-state index in [4.69, 9.17) is 10.5 Å². The Kier molecular flexibility index (Phi) is 21.3. The lowest BCUT2D eigenvalue weighted by Gasteiger charge is -2.36. The van der Waals surface area contributed by atoms with Crippen LogP contribution in [-0.2, 0) is 38.2 Å². The maximum atomic E-state index is 14.5. The Balaban J connectivity index is 1.18. The molecule has 13 heteroatoms. The van der Waals surface area contributed by atoms with Gasteiger partial charge in [-0.15, -0.1) is 23.5 Å². The molecule has 3 amide bonds. The number of esters is 1. The molecule has 0 aliphatic rings. The lowest BCUT2D eigenvalue weighted by molar-refractivity contribution is -0.154. The van der Waals surface area contributed by atoms with E-state index in [0.717, 1.165) is 33.4 Å². The summed E-state index contributed by atoms with van der Waals surface area (Å²) in [4.78, 5) is 68.4. The van der Waals surface area contributed by atoms with E-state index in [1.807, 2.05) is 166 Å². The van der Waals surface area contributed by atoms with Crippen molar-refractivity contribution in [2.45, 2.75) is 81.2 Å². The number of nitrogens with two attached hydrogens (primary N) is 1. The number of hydrogen-bond acceptors (Lipinski definition) is 9. The van der Waals surface area contributed by atoms with E-state index >= 15 is 0 Å². The SMILES string of the molecule is C/C=C(\NC(=O)[C@@H](CSC(c1ccccc1)(c1ccccc1)c1ccccc1)NC(=O)[C@H](N)C(C)C)C(=O)N[C@H](C(=O)O[C@H](/C=C\CCSC(c1ccccc1)(c1ccccc1)c1ccccc1)CC(=O)O)C(C)C. The van der Waals surface area contributed by atoms with E-state index in [2.05, 4.69) is 52.3 Å². The van der Waals surface area contributed by atoms with Gasteiger partial charge in [0, 0.05) is 5.75 Å². The molecule has 0 heterocycles. The first-order valence-electron chi connectivity index (χ1n) is 25.2. The number of rotatable bonds is 26. The maximum absolute atomic E-state index is 14.5. The Hall–Kier alpha value is -7.19. The molecule has 0 spiro atoms. The van der Waals surface area contributed by atoms with Crippen LogP contribution in [0, 0.1) is 11.8 Å². The van der Waals surface area contributed by atoms with Crippen LogP contribution in [0.15, 0.2) is 206 Å². The van der Waals surface area contributed by atoms with Crippen molar-refractivity contribution in [3.8, 4) is 0 Å². The molecule has 0 aliphatic carbocycles. The van der Waals surface area contributed by atoms with Gasteiger partial charge in [0.15, 0.2) is 0 Å². The molecule has 0 radical (unpaired) electrons. The van der Waals surface area contributed by atoms with Crippen molar-refractivity contribution >= 4 is 53.2 Å². The summed E-state index contributed by atoms with van der Waals surface area (Å²) in [5.41, 5.74) is 12.3. The number of nitrogens with one attached hydrogen (secondary N) is 3. The smallest absolute Gasteiger partial charge is 0.329 e. The highest BCUT2D eigenvalue weighted by molar-refractivity contribution is 8.00. The van der Waals surface area contributed by atoms with Crippen LogP contribution in [0.3, 0.4) is 0 Å². The van der Waals surface area contributed by atoms with Gasteiger partial charge in [-0.25, -0.2) is 4.79 Å². The highest BCUT2D eigenvalue weighted by Gasteiger charge is 2.40. The minimum atomic E-state index is -1.23. The Morgan fingerprint density at radius 2 is 0.987 bits per heavy atom. The van der Waals surface area contributed by atoms with Gasteiger partial charge in [-0.3, -0.25) is 19.2 Å². The number of benzene rings is 6. The minimum Gasteiger partial charge on any atom is -0.481 e. The van der Waals surface area contributed by atoms with E-state index in [9.17, 15) is 29.1 Å². The molecule has 6 rings (SSSR count). The van der Waals surface area contributed by atoms with Crippen LogP contribution >= 0.6 is 23.5 Å². The second-order valence-corrected chi connectivity index (χ2v) is 21.3. The summed E-state index contributed by atoms with van der Waals surface area (Å²) in [5, 5.41) is 18.2. The van der Waals surface area contributed by atoms with E-state index < -0.39 is 75.7 Å². The Morgan fingerprint density at radius 3 is 1.35 bits per heavy atom. The van der Waals surface area contributed by atoms with Crippen molar-refractivity contribution < 1.29 is 33.8 Å². The van der Waals surface area contributed by atoms with E-state index in [-0.39, 0.29) is 17.4 Å². The average Bonchev–Trinajstić information content (AvgIpc) is 3.43. The number of carbonyl (C=O) groups is 5. The van der Waals surface area contributed by atoms with E-state index in [0.29, 0.717) is 12.2 Å². The molecule has 6 N–H and O–H groups in total. The highest BCUT2D eigenvalue weighted by Crippen LogP contribution is 2.50. The number of aliphatic carboxylic acids is 1. The topological polar surface area (TPSA) is 177 Å². The molecule has 0 unspecified atom stereocenters. The van der Waals surface area contributed by atoms with Crippen molar-refractivity contribution in [1.29, 1.82) is 0 Å². The molecule has 0 saturated heterocycles. The molecule has 0 aliphatic heterocycles. The molecule has 6 aromatic rings. The standard InChI is InChI=1S/C62H68N4O7S2/c1-6-52(64-58(70)53(65-59(71)55(63)43(2)3)42-75-62(48-33-19-10-20-34-48,49-35-21-11-22-36-49)50-37-23-12-24-38-50)57(69)66-56(44(4)5)60(72)73-51(41-54(67)68)39-25-26-40-74-61(45-27-13-7-14-28-45,46-29-15-8-16-30-46)47-31-17-9-18-32-47/h6-25,27-39,43-44,51,53,55-56H,26,40-42,63H2,1-5H3,(H,64,70)(H,65,71)(H,66,69)(H,67,68)/b39-25-,52-6-/t51-,53-,55-,56+/m1/s1. The molecule has 0 saturated carbocycles. The predicted molar refractivity (Wildman–Crippen MR) is 303 cm³/mol. The number of allylic oxidation sites excluding steroid dienone is 2. The molecule has 6 aromatic carbocycles. The highest BCUT2D eigenvalue weighted by atomic mass is 32.2. The zero-order valence-corrected chi connectivity index (χ0v) is 44.8. The number of hydrogen-bond donors (Lipinski definition) is 5. The number of carbonyl (C=O) groups excluding carboxylic acids is 4. The maximum Gasteiger partial charge on any atom is 0.329 e. The average molecular weight is 1050 g/mol. The molecule has 75 heavy (non-hydrogen) atoms. The largest absolute Gasteiger partial charge is 0.481 e. The van der Waals surface area contributed by atoms with Crippen LogP contribution < -0.4 is 21.7 Å². The van der Waals surface area contributed by atoms with E-state index in [1.54, 1.807) is 38.6 Å². The molecule has 0 bridgehead atoms. The van der Waals surface area contributed by atoms with Gasteiger partial charge in [0.05, 0.1) is 22.0 Å². The third-order valence-electron chi connectivity index (χ3n) is 12.8. The van der Waals surface area contributed by atoms with Gasteiger partial charge >= 0.3 is 11.9 Å². The summed E-state index contributed by atoms with van der Waals surface area (Å²) in [6, 6.07) is 57.3.